The summed E-state index contributed by atoms with van der Waals surface area (Å²) in [5, 5.41) is 33.4. The van der Waals surface area contributed by atoms with E-state index in [4.69, 9.17) is 39.4 Å². The second-order valence-corrected chi connectivity index (χ2v) is 11.1. The Morgan fingerprint density at radius 3 is 1.43 bits per heavy atom. The third kappa shape index (κ3) is 49.4. The Kier molecular flexibility index (Phi) is 55.4. The van der Waals surface area contributed by atoms with Crippen LogP contribution in [0.15, 0.2) is 0 Å². The number of carbonyl (C=O) groups is 1. The molecule has 0 aromatic rings. The van der Waals surface area contributed by atoms with E-state index >= 15 is 0 Å². The molecule has 2 rings (SSSR count). The molecule has 0 aromatic heterocycles. The Hall–Kier alpha value is -1.05. The number of hydrogen-bond acceptors (Lipinski definition) is 11. The molecule has 0 aliphatic carbocycles. The molecule has 11 heteroatoms. The van der Waals surface area contributed by atoms with Crippen LogP contribution in [0.3, 0.4) is 0 Å². The lowest BCUT2D eigenvalue weighted by atomic mass is 9.98. The number of unbranched alkanes of at least 4 members (excludes halogenated alkanes) is 3. The molecule has 4 N–H and O–H groups in total. The zero-order chi connectivity index (χ0) is 36.2. The topological polar surface area (TPSA) is 153 Å². The molecule has 3 unspecified atom stereocenters. The van der Waals surface area contributed by atoms with Gasteiger partial charge in [0.1, 0.15) is 12.7 Å². The first kappa shape index (κ1) is 52.8. The third-order valence-corrected chi connectivity index (χ3v) is 6.42. The van der Waals surface area contributed by atoms with Gasteiger partial charge in [-0.15, -0.1) is 0 Å². The lowest BCUT2D eigenvalue weighted by molar-refractivity contribution is -0.0310. The average Bonchev–Trinajstić information content (AvgIpc) is 3.54. The largest absolute Gasteiger partial charge is 0.508 e. The molecule has 3 atom stereocenters. The van der Waals surface area contributed by atoms with Gasteiger partial charge in [0.2, 0.25) is 0 Å². The molecule has 288 valence electrons. The quantitative estimate of drug-likeness (QED) is 0.0799. The third-order valence-electron chi connectivity index (χ3n) is 6.42. The Labute approximate surface area is 289 Å². The van der Waals surface area contributed by atoms with Gasteiger partial charge < -0.3 is 48.8 Å². The van der Waals surface area contributed by atoms with Crippen molar-refractivity contribution < 1.29 is 53.6 Å². The molecule has 0 saturated carbocycles. The van der Waals surface area contributed by atoms with Gasteiger partial charge in [-0.25, -0.2) is 4.79 Å². The molecule has 0 aromatic carbocycles. The highest BCUT2D eigenvalue weighted by atomic mass is 16.8. The van der Waals surface area contributed by atoms with E-state index in [2.05, 4.69) is 44.1 Å². The van der Waals surface area contributed by atoms with E-state index in [0.717, 1.165) is 97.2 Å². The molecule has 2 fully saturated rings. The molecule has 0 radical (unpaired) electrons. The van der Waals surface area contributed by atoms with Crippen molar-refractivity contribution in [2.45, 2.75) is 144 Å². The Balaban J connectivity index is -0.000000238. The van der Waals surface area contributed by atoms with Crippen LogP contribution < -0.4 is 0 Å². The van der Waals surface area contributed by atoms with Gasteiger partial charge >= 0.3 is 6.16 Å². The fourth-order valence-electron chi connectivity index (χ4n) is 3.47. The Morgan fingerprint density at radius 2 is 1.11 bits per heavy atom. The molecule has 2 heterocycles. The van der Waals surface area contributed by atoms with Crippen LogP contribution in [0.4, 0.5) is 4.79 Å². The molecule has 47 heavy (non-hydrogen) atoms. The van der Waals surface area contributed by atoms with Crippen molar-refractivity contribution in [2.75, 3.05) is 79.3 Å². The van der Waals surface area contributed by atoms with Crippen LogP contribution in [0.5, 0.6) is 0 Å². The van der Waals surface area contributed by atoms with Crippen LogP contribution in [-0.4, -0.2) is 118 Å². The van der Waals surface area contributed by atoms with E-state index in [1.54, 1.807) is 0 Å². The van der Waals surface area contributed by atoms with Crippen molar-refractivity contribution in [3.8, 4) is 0 Å². The van der Waals surface area contributed by atoms with Crippen molar-refractivity contribution in [1.29, 1.82) is 0 Å². The van der Waals surface area contributed by atoms with Crippen molar-refractivity contribution in [2.24, 2.45) is 5.92 Å². The van der Waals surface area contributed by atoms with Crippen LogP contribution in [0.25, 0.3) is 0 Å². The van der Waals surface area contributed by atoms with Crippen LogP contribution in [-0.2, 0) is 28.4 Å². The van der Waals surface area contributed by atoms with Gasteiger partial charge in [-0.1, -0.05) is 67.7 Å². The van der Waals surface area contributed by atoms with E-state index in [1.165, 1.54) is 19.3 Å². The van der Waals surface area contributed by atoms with Crippen LogP contribution in [0.2, 0.25) is 0 Å². The maximum Gasteiger partial charge on any atom is 0.508 e. The van der Waals surface area contributed by atoms with Crippen LogP contribution in [0.1, 0.15) is 132 Å². The molecule has 0 spiro atoms. The number of ether oxygens (including phenoxy) is 6. The highest BCUT2D eigenvalue weighted by Crippen LogP contribution is 2.19. The maximum absolute atomic E-state index is 10.2. The number of rotatable bonds is 20. The van der Waals surface area contributed by atoms with Crippen molar-refractivity contribution in [1.82, 2.24) is 0 Å². The highest BCUT2D eigenvalue weighted by molar-refractivity contribution is 5.61. The second kappa shape index (κ2) is 49.3. The first-order valence-electron chi connectivity index (χ1n) is 18.5. The smallest absolute Gasteiger partial charge is 0.430 e. The van der Waals surface area contributed by atoms with Gasteiger partial charge in [-0.05, 0) is 64.2 Å². The molecule has 2 saturated heterocycles. The second-order valence-electron chi connectivity index (χ2n) is 11.1. The summed E-state index contributed by atoms with van der Waals surface area (Å²) in [4.78, 5) is 10.2. The standard InChI is InChI=1S/C8H16O2.C7H16O.C6H14O2.C5H8O3.C5H12O2.C5H12O/c1-2-8-4-3-7(5-9)6-10-8;1-3-5-7-8-6-4-2;1-2-5-8-6-3-4-7;1-2-4-3-7-5(6)8-4;1-2-4-7-5-3-6;1-2-3-4-5-6/h7-9H,2-6H2,1H3;3-7H2,1-2H3;7H,2-6H2,1H3;4H,2-3H2,1H3;6H,2-5H2,1H3;6H,2-5H2,1H3. The molecular weight excluding hydrogens is 608 g/mol. The monoisotopic (exact) mass is 687 g/mol. The van der Waals surface area contributed by atoms with E-state index in [-0.39, 0.29) is 25.9 Å². The minimum atomic E-state index is -0.531. The molecule has 0 amide bonds. The fraction of sp³-hybridized carbons (Fsp3) is 0.972. The SMILES string of the molecule is CCC1CCC(CO)CO1.CCC1COC(=O)O1.CCCCCO.CCCCOCCC.CCCOCCCO.CCCOCCO. The number of aliphatic hydroxyl groups is 4. The lowest BCUT2D eigenvalue weighted by Crippen LogP contribution is -2.27. The summed E-state index contributed by atoms with van der Waals surface area (Å²) < 4.78 is 29.8. The van der Waals surface area contributed by atoms with Gasteiger partial charge in [0, 0.05) is 58.8 Å². The zero-order valence-electron chi connectivity index (χ0n) is 31.6. The minimum Gasteiger partial charge on any atom is -0.430 e. The summed E-state index contributed by atoms with van der Waals surface area (Å²) >= 11 is 0. The minimum absolute atomic E-state index is 0.00231. The first-order chi connectivity index (χ1) is 22.8. The number of aliphatic hydroxyl groups excluding tert-OH is 4. The molecule has 2 aliphatic heterocycles. The van der Waals surface area contributed by atoms with E-state index in [1.807, 2.05) is 13.8 Å². The summed E-state index contributed by atoms with van der Waals surface area (Å²) in [6.07, 6.45) is 13.9. The first-order valence-corrected chi connectivity index (χ1v) is 18.5. The fourth-order valence-corrected chi connectivity index (χ4v) is 3.47. The number of carbonyl (C=O) groups excluding carboxylic acids is 1. The van der Waals surface area contributed by atoms with E-state index in [9.17, 15) is 4.79 Å². The summed E-state index contributed by atoms with van der Waals surface area (Å²) in [7, 11) is 0. The Morgan fingerprint density at radius 1 is 0.574 bits per heavy atom. The van der Waals surface area contributed by atoms with Crippen molar-refractivity contribution in [3.63, 3.8) is 0 Å². The van der Waals surface area contributed by atoms with Gasteiger partial charge in [-0.3, -0.25) is 0 Å². The summed E-state index contributed by atoms with van der Waals surface area (Å²) in [6, 6.07) is 0. The van der Waals surface area contributed by atoms with Crippen molar-refractivity contribution >= 4 is 6.16 Å². The predicted octanol–water partition coefficient (Wildman–Crippen LogP) is 6.70. The van der Waals surface area contributed by atoms with Crippen molar-refractivity contribution in [3.05, 3.63) is 0 Å². The molecule has 11 nitrogen and oxygen atoms in total. The summed E-state index contributed by atoms with van der Waals surface area (Å²) in [5.41, 5.74) is 0. The van der Waals surface area contributed by atoms with Gasteiger partial charge in [0.05, 0.1) is 25.9 Å². The van der Waals surface area contributed by atoms with Gasteiger partial charge in [-0.2, -0.15) is 0 Å². The van der Waals surface area contributed by atoms with E-state index < -0.39 is 6.16 Å². The zero-order valence-corrected chi connectivity index (χ0v) is 31.6. The molecule has 0 bridgehead atoms. The summed E-state index contributed by atoms with van der Waals surface area (Å²) in [5.74, 6) is 0.405. The molecular formula is C36H78O11. The molecule has 2 aliphatic rings. The van der Waals surface area contributed by atoms with Gasteiger partial charge in [0.25, 0.3) is 0 Å². The highest BCUT2D eigenvalue weighted by Gasteiger charge is 2.22. The number of cyclic esters (lactones) is 2. The van der Waals surface area contributed by atoms with Crippen LogP contribution in [0, 0.1) is 5.92 Å². The van der Waals surface area contributed by atoms with Gasteiger partial charge in [0.15, 0.2) is 0 Å². The average molecular weight is 687 g/mol. The predicted molar refractivity (Wildman–Crippen MR) is 190 cm³/mol. The Bertz CT molecular complexity index is 489. The maximum atomic E-state index is 10.2. The summed E-state index contributed by atoms with van der Waals surface area (Å²) in [6.45, 7) is 21.5. The van der Waals surface area contributed by atoms with Crippen LogP contribution >= 0.6 is 0 Å². The lowest BCUT2D eigenvalue weighted by Gasteiger charge is -2.26. The normalized spacial score (nSPS) is 17.8. The number of hydrogen-bond donors (Lipinski definition) is 4. The van der Waals surface area contributed by atoms with E-state index in [0.29, 0.717) is 38.4 Å².